The summed E-state index contributed by atoms with van der Waals surface area (Å²) in [6.07, 6.45) is 2.31. The molecule has 0 aliphatic rings. The highest BCUT2D eigenvalue weighted by molar-refractivity contribution is 6.00. The molecule has 0 saturated heterocycles. The van der Waals surface area contributed by atoms with Crippen molar-refractivity contribution in [2.24, 2.45) is 5.73 Å². The van der Waals surface area contributed by atoms with Crippen molar-refractivity contribution < 1.29 is 14.4 Å². The zero-order chi connectivity index (χ0) is 28.7. The first-order valence-corrected chi connectivity index (χ1v) is 13.5. The summed E-state index contributed by atoms with van der Waals surface area (Å²) in [4.78, 5) is 41.8. The Hall–Kier alpha value is -4.43. The van der Waals surface area contributed by atoms with Gasteiger partial charge in [-0.1, -0.05) is 60.7 Å². The van der Waals surface area contributed by atoms with Gasteiger partial charge in [0, 0.05) is 54.1 Å². The Kier molecular flexibility index (Phi) is 9.01. The van der Waals surface area contributed by atoms with E-state index in [4.69, 9.17) is 5.73 Å². The van der Waals surface area contributed by atoms with E-state index >= 15 is 0 Å². The van der Waals surface area contributed by atoms with E-state index in [9.17, 15) is 14.4 Å². The van der Waals surface area contributed by atoms with Crippen molar-refractivity contribution >= 4 is 28.6 Å². The number of amides is 3. The largest absolute Gasteiger partial charge is 0.361 e. The smallest absolute Gasteiger partial charge is 0.251 e. The lowest BCUT2D eigenvalue weighted by molar-refractivity contribution is -0.129. The molecule has 0 aliphatic carbocycles. The quantitative estimate of drug-likeness (QED) is 0.197. The Morgan fingerprint density at radius 3 is 2.35 bits per heavy atom. The van der Waals surface area contributed by atoms with Crippen LogP contribution in [-0.2, 0) is 22.6 Å². The fourth-order valence-electron chi connectivity index (χ4n) is 4.69. The average molecular weight is 540 g/mol. The molecule has 0 bridgehead atoms. The van der Waals surface area contributed by atoms with Crippen LogP contribution in [0.2, 0.25) is 0 Å². The summed E-state index contributed by atoms with van der Waals surface area (Å²) in [5, 5.41) is 9.73. The van der Waals surface area contributed by atoms with Gasteiger partial charge < -0.3 is 26.7 Å². The van der Waals surface area contributed by atoms with Crippen molar-refractivity contribution in [1.29, 1.82) is 0 Å². The molecule has 1 aromatic heterocycles. The van der Waals surface area contributed by atoms with E-state index in [0.29, 0.717) is 25.1 Å². The van der Waals surface area contributed by atoms with E-state index in [-0.39, 0.29) is 24.1 Å². The highest BCUT2D eigenvalue weighted by Crippen LogP contribution is 2.24. The maximum atomic E-state index is 13.3. The SMILES string of the molecule is CCNC(=O)c1ccccc1-c1ccc(CNC(=O)C(Cc2c[nH]c3ccccc23)NC(=O)CC(C)(C)N)cc1. The van der Waals surface area contributed by atoms with E-state index in [0.717, 1.165) is 33.2 Å². The van der Waals surface area contributed by atoms with Gasteiger partial charge in [0.2, 0.25) is 11.8 Å². The van der Waals surface area contributed by atoms with E-state index in [1.807, 2.05) is 85.9 Å². The molecule has 6 N–H and O–H groups in total. The molecule has 4 rings (SSSR count). The number of nitrogens with one attached hydrogen (secondary N) is 4. The molecule has 0 saturated carbocycles. The Morgan fingerprint density at radius 2 is 1.62 bits per heavy atom. The van der Waals surface area contributed by atoms with Gasteiger partial charge in [0.1, 0.15) is 6.04 Å². The Balaban J connectivity index is 1.47. The van der Waals surface area contributed by atoms with E-state index < -0.39 is 11.6 Å². The second kappa shape index (κ2) is 12.6. The maximum Gasteiger partial charge on any atom is 0.251 e. The van der Waals surface area contributed by atoms with Gasteiger partial charge in [-0.15, -0.1) is 0 Å². The van der Waals surface area contributed by atoms with Crippen LogP contribution in [0.3, 0.4) is 0 Å². The second-order valence-electron chi connectivity index (χ2n) is 10.7. The Labute approximate surface area is 234 Å². The van der Waals surface area contributed by atoms with Gasteiger partial charge in [-0.05, 0) is 55.2 Å². The normalized spacial score (nSPS) is 12.1. The molecule has 0 aliphatic heterocycles. The lowest BCUT2D eigenvalue weighted by Gasteiger charge is -2.22. The molecule has 1 unspecified atom stereocenters. The van der Waals surface area contributed by atoms with Crippen LogP contribution in [0.1, 0.15) is 48.7 Å². The third-order valence-electron chi connectivity index (χ3n) is 6.61. The summed E-state index contributed by atoms with van der Waals surface area (Å²) >= 11 is 0. The van der Waals surface area contributed by atoms with Crippen molar-refractivity contribution in [3.63, 3.8) is 0 Å². The number of nitrogens with two attached hydrogens (primary N) is 1. The topological polar surface area (TPSA) is 129 Å². The van der Waals surface area contributed by atoms with E-state index in [1.165, 1.54) is 0 Å². The number of carbonyl (C=O) groups is 3. The maximum absolute atomic E-state index is 13.3. The first kappa shape index (κ1) is 28.6. The van der Waals surface area contributed by atoms with Crippen molar-refractivity contribution in [3.8, 4) is 11.1 Å². The molecule has 8 heteroatoms. The first-order chi connectivity index (χ1) is 19.1. The van der Waals surface area contributed by atoms with Gasteiger partial charge in [-0.25, -0.2) is 0 Å². The van der Waals surface area contributed by atoms with Crippen LogP contribution in [0.5, 0.6) is 0 Å². The third kappa shape index (κ3) is 7.36. The van der Waals surface area contributed by atoms with Crippen LogP contribution in [0.4, 0.5) is 0 Å². The number of fused-ring (bicyclic) bond motifs is 1. The summed E-state index contributed by atoms with van der Waals surface area (Å²) < 4.78 is 0. The highest BCUT2D eigenvalue weighted by Gasteiger charge is 2.25. The summed E-state index contributed by atoms with van der Waals surface area (Å²) in [5.41, 5.74) is 10.5. The van der Waals surface area contributed by atoms with Crippen LogP contribution in [0, 0.1) is 0 Å². The van der Waals surface area contributed by atoms with Crippen LogP contribution in [0.25, 0.3) is 22.0 Å². The predicted octanol–water partition coefficient (Wildman–Crippen LogP) is 4.06. The van der Waals surface area contributed by atoms with Crippen molar-refractivity contribution in [1.82, 2.24) is 20.9 Å². The number of H-pyrrole nitrogens is 1. The summed E-state index contributed by atoms with van der Waals surface area (Å²) in [7, 11) is 0. The summed E-state index contributed by atoms with van der Waals surface area (Å²) in [6, 6.07) is 22.3. The molecule has 1 heterocycles. The standard InChI is InChI=1S/C32H37N5O3/c1-4-34-30(39)26-11-6-5-9-24(26)22-15-13-21(14-16-22)19-36-31(40)28(37-29(38)18-32(2,3)33)17-23-20-35-27-12-8-7-10-25(23)27/h5-16,20,28,35H,4,17-19,33H2,1-3H3,(H,34,39)(H,36,40)(H,37,38). The minimum Gasteiger partial charge on any atom is -0.361 e. The fraction of sp³-hybridized carbons (Fsp3) is 0.281. The molecule has 3 amide bonds. The molecular formula is C32H37N5O3. The number of aromatic nitrogens is 1. The molecule has 208 valence electrons. The highest BCUT2D eigenvalue weighted by atomic mass is 16.2. The third-order valence-corrected chi connectivity index (χ3v) is 6.61. The fourth-order valence-corrected chi connectivity index (χ4v) is 4.69. The molecule has 40 heavy (non-hydrogen) atoms. The number of aromatic amines is 1. The Morgan fingerprint density at radius 1 is 0.925 bits per heavy atom. The molecule has 3 aromatic carbocycles. The van der Waals surface area contributed by atoms with Crippen LogP contribution < -0.4 is 21.7 Å². The monoisotopic (exact) mass is 539 g/mol. The van der Waals surface area contributed by atoms with E-state index in [2.05, 4.69) is 20.9 Å². The van der Waals surface area contributed by atoms with Gasteiger partial charge in [0.25, 0.3) is 5.91 Å². The van der Waals surface area contributed by atoms with Crippen molar-refractivity contribution in [2.75, 3.05) is 6.54 Å². The average Bonchev–Trinajstić information content (AvgIpc) is 3.33. The van der Waals surface area contributed by atoms with Crippen molar-refractivity contribution in [2.45, 2.75) is 51.7 Å². The van der Waals surface area contributed by atoms with Gasteiger partial charge in [0.05, 0.1) is 0 Å². The molecule has 0 fully saturated rings. The van der Waals surface area contributed by atoms with Crippen LogP contribution in [-0.4, -0.2) is 40.8 Å². The number of hydrogen-bond donors (Lipinski definition) is 5. The number of rotatable bonds is 11. The summed E-state index contributed by atoms with van der Waals surface area (Å²) in [5.74, 6) is -0.669. The van der Waals surface area contributed by atoms with Crippen LogP contribution >= 0.6 is 0 Å². The number of para-hydroxylation sites is 1. The number of hydrogen-bond acceptors (Lipinski definition) is 4. The van der Waals surface area contributed by atoms with Gasteiger partial charge in [0.15, 0.2) is 0 Å². The minimum atomic E-state index is -0.766. The number of benzene rings is 3. The van der Waals surface area contributed by atoms with Crippen LogP contribution in [0.15, 0.2) is 79.0 Å². The second-order valence-corrected chi connectivity index (χ2v) is 10.7. The molecule has 8 nitrogen and oxygen atoms in total. The predicted molar refractivity (Wildman–Crippen MR) is 159 cm³/mol. The van der Waals surface area contributed by atoms with Gasteiger partial charge in [-0.2, -0.15) is 0 Å². The van der Waals surface area contributed by atoms with Gasteiger partial charge in [-0.3, -0.25) is 14.4 Å². The molecule has 4 aromatic rings. The zero-order valence-electron chi connectivity index (χ0n) is 23.2. The molecule has 0 spiro atoms. The lowest BCUT2D eigenvalue weighted by atomic mass is 9.98. The summed E-state index contributed by atoms with van der Waals surface area (Å²) in [6.45, 7) is 6.29. The zero-order valence-corrected chi connectivity index (χ0v) is 23.2. The first-order valence-electron chi connectivity index (χ1n) is 13.5. The molecule has 1 atom stereocenters. The van der Waals surface area contributed by atoms with E-state index in [1.54, 1.807) is 13.8 Å². The Bertz CT molecular complexity index is 1480. The molecular weight excluding hydrogens is 502 g/mol. The minimum absolute atomic E-state index is 0.101. The molecule has 0 radical (unpaired) electrons. The lowest BCUT2D eigenvalue weighted by Crippen LogP contribution is -2.50. The van der Waals surface area contributed by atoms with Gasteiger partial charge >= 0.3 is 0 Å². The van der Waals surface area contributed by atoms with Crippen molar-refractivity contribution in [3.05, 3.63) is 95.7 Å². The number of carbonyl (C=O) groups excluding carboxylic acids is 3.